The van der Waals surface area contributed by atoms with E-state index >= 15 is 0 Å². The molecule has 2 heteroatoms. The molecule has 2 nitrogen and oxygen atoms in total. The molecule has 11 aromatic rings. The van der Waals surface area contributed by atoms with Gasteiger partial charge in [-0.15, -0.1) is 0 Å². The van der Waals surface area contributed by atoms with Gasteiger partial charge in [-0.3, -0.25) is 4.98 Å². The van der Waals surface area contributed by atoms with E-state index in [1.54, 1.807) is 0 Å². The molecule has 0 spiro atoms. The van der Waals surface area contributed by atoms with Gasteiger partial charge in [0.1, 0.15) is 0 Å². The van der Waals surface area contributed by atoms with Gasteiger partial charge < -0.3 is 0 Å². The summed E-state index contributed by atoms with van der Waals surface area (Å²) in [6, 6.07) is 68.0. The first-order valence-corrected chi connectivity index (χ1v) is 18.5. The molecule has 0 unspecified atom stereocenters. The zero-order valence-corrected chi connectivity index (χ0v) is 29.4. The van der Waals surface area contributed by atoms with Gasteiger partial charge in [0.25, 0.3) is 0 Å². The van der Waals surface area contributed by atoms with Gasteiger partial charge in [-0.25, -0.2) is 4.98 Å². The van der Waals surface area contributed by atoms with E-state index in [-0.39, 0.29) is 0 Å². The number of fused-ring (bicyclic) bond motifs is 8. The van der Waals surface area contributed by atoms with Crippen LogP contribution >= 0.6 is 0 Å². The highest BCUT2D eigenvalue weighted by Gasteiger charge is 2.17. The maximum Gasteiger partial charge on any atom is 0.0722 e. The van der Waals surface area contributed by atoms with Crippen molar-refractivity contribution in [1.82, 2.24) is 9.97 Å². The normalized spacial score (nSPS) is 11.7. The minimum Gasteiger partial charge on any atom is -0.256 e. The van der Waals surface area contributed by atoms with Crippen LogP contribution in [-0.2, 0) is 0 Å². The Labute approximate surface area is 312 Å². The van der Waals surface area contributed by atoms with Crippen molar-refractivity contribution < 1.29 is 0 Å². The van der Waals surface area contributed by atoms with Crippen molar-refractivity contribution in [3.05, 3.63) is 194 Å². The summed E-state index contributed by atoms with van der Waals surface area (Å²) in [5.74, 6) is 0. The molecule has 0 saturated carbocycles. The summed E-state index contributed by atoms with van der Waals surface area (Å²) in [7, 11) is 0. The smallest absolute Gasteiger partial charge is 0.0722 e. The van der Waals surface area contributed by atoms with Gasteiger partial charge in [0, 0.05) is 28.1 Å². The van der Waals surface area contributed by atoms with E-state index < -0.39 is 0 Å². The van der Waals surface area contributed by atoms with Crippen LogP contribution in [0.3, 0.4) is 0 Å². The Balaban J connectivity index is 1.18. The minimum absolute atomic E-state index is 0.959. The summed E-state index contributed by atoms with van der Waals surface area (Å²) in [6.07, 6.45) is 1.99. The number of hydrogen-bond acceptors (Lipinski definition) is 2. The molecule has 11 rings (SSSR count). The number of para-hydroxylation sites is 1. The standard InChI is InChI=1S/C52H32N2/c1-4-17-40-35(12-1)28-46(44-21-8-6-19-42(40)44)37-24-25-51-49(30-37)47(34-16-11-15-33(26-34)39-27-38-14-3-10-23-50(38)53-32-39)31-52(54-51)48-29-36-13-2-5-18-41(36)43-20-7-9-22-45(43)48/h1-32H. The second-order valence-corrected chi connectivity index (χ2v) is 14.2. The number of pyridine rings is 2. The number of nitrogens with zero attached hydrogens (tertiary/aromatic N) is 2. The Morgan fingerprint density at radius 2 is 0.833 bits per heavy atom. The Kier molecular flexibility index (Phi) is 6.90. The molecule has 0 bridgehead atoms. The van der Waals surface area contributed by atoms with E-state index in [1.807, 2.05) is 12.3 Å². The molecule has 0 saturated heterocycles. The van der Waals surface area contributed by atoms with Crippen LogP contribution in [0, 0.1) is 0 Å². The van der Waals surface area contributed by atoms with E-state index in [1.165, 1.54) is 54.2 Å². The Hall–Kier alpha value is -7.16. The fourth-order valence-electron chi connectivity index (χ4n) is 8.42. The van der Waals surface area contributed by atoms with E-state index in [2.05, 4.69) is 182 Å². The zero-order valence-electron chi connectivity index (χ0n) is 29.4. The van der Waals surface area contributed by atoms with E-state index in [4.69, 9.17) is 9.97 Å². The van der Waals surface area contributed by atoms with Crippen LogP contribution in [0.25, 0.3) is 110 Å². The van der Waals surface area contributed by atoms with Crippen LogP contribution in [0.4, 0.5) is 0 Å². The van der Waals surface area contributed by atoms with Gasteiger partial charge in [-0.1, -0.05) is 140 Å². The number of aromatic nitrogens is 2. The molecule has 9 aromatic carbocycles. The lowest BCUT2D eigenvalue weighted by atomic mass is 9.90. The van der Waals surface area contributed by atoms with Crippen molar-refractivity contribution in [3.63, 3.8) is 0 Å². The second kappa shape index (κ2) is 12.2. The molecular weight excluding hydrogens is 653 g/mol. The quantitative estimate of drug-likeness (QED) is 0.172. The molecule has 0 aliphatic carbocycles. The average molecular weight is 685 g/mol. The molecule has 0 aliphatic rings. The van der Waals surface area contributed by atoms with Gasteiger partial charge in [-0.05, 0) is 119 Å². The molecule has 2 aromatic heterocycles. The summed E-state index contributed by atoms with van der Waals surface area (Å²) in [6.45, 7) is 0. The van der Waals surface area contributed by atoms with Crippen LogP contribution < -0.4 is 0 Å². The van der Waals surface area contributed by atoms with E-state index in [0.29, 0.717) is 0 Å². The molecule has 0 fully saturated rings. The number of benzene rings is 9. The minimum atomic E-state index is 0.959. The van der Waals surface area contributed by atoms with Crippen LogP contribution in [0.1, 0.15) is 0 Å². The summed E-state index contributed by atoms with van der Waals surface area (Å²) < 4.78 is 0. The lowest BCUT2D eigenvalue weighted by Crippen LogP contribution is -1.93. The second-order valence-electron chi connectivity index (χ2n) is 14.2. The molecule has 0 aliphatic heterocycles. The predicted molar refractivity (Wildman–Crippen MR) is 229 cm³/mol. The van der Waals surface area contributed by atoms with Gasteiger partial charge in [0.15, 0.2) is 0 Å². The maximum atomic E-state index is 5.44. The van der Waals surface area contributed by atoms with Crippen molar-refractivity contribution >= 4 is 64.9 Å². The highest BCUT2D eigenvalue weighted by Crippen LogP contribution is 2.41. The predicted octanol–water partition coefficient (Wildman–Crippen LogP) is 14.1. The highest BCUT2D eigenvalue weighted by atomic mass is 14.7. The first kappa shape index (κ1) is 30.5. The third-order valence-electron chi connectivity index (χ3n) is 11.0. The van der Waals surface area contributed by atoms with Crippen LogP contribution in [0.15, 0.2) is 194 Å². The van der Waals surface area contributed by atoms with Crippen molar-refractivity contribution in [2.24, 2.45) is 0 Å². The maximum absolute atomic E-state index is 5.44. The summed E-state index contributed by atoms with van der Waals surface area (Å²) in [5.41, 5.74) is 11.0. The Morgan fingerprint density at radius 1 is 0.278 bits per heavy atom. The van der Waals surface area contributed by atoms with Gasteiger partial charge in [0.2, 0.25) is 0 Å². The van der Waals surface area contributed by atoms with Crippen molar-refractivity contribution in [2.45, 2.75) is 0 Å². The zero-order chi connectivity index (χ0) is 35.6. The fraction of sp³-hybridized carbons (Fsp3) is 0. The largest absolute Gasteiger partial charge is 0.256 e. The Bertz CT molecular complexity index is 3290. The molecule has 54 heavy (non-hydrogen) atoms. The third-order valence-corrected chi connectivity index (χ3v) is 11.0. The van der Waals surface area contributed by atoms with Gasteiger partial charge >= 0.3 is 0 Å². The summed E-state index contributed by atoms with van der Waals surface area (Å²) >= 11 is 0. The molecule has 250 valence electrons. The fourth-order valence-corrected chi connectivity index (χ4v) is 8.42. The van der Waals surface area contributed by atoms with Crippen molar-refractivity contribution in [2.75, 3.05) is 0 Å². The SMILES string of the molecule is c1cc(-c2cnc3ccccc3c2)cc(-c2cc(-c3cc4ccccc4c4ccccc34)nc3ccc(-c4cc5ccccc5c5ccccc45)cc23)c1. The van der Waals surface area contributed by atoms with Gasteiger partial charge in [0.05, 0.1) is 16.7 Å². The Morgan fingerprint density at radius 3 is 1.57 bits per heavy atom. The monoisotopic (exact) mass is 684 g/mol. The molecule has 2 heterocycles. The van der Waals surface area contributed by atoms with Crippen molar-refractivity contribution in [1.29, 1.82) is 0 Å². The lowest BCUT2D eigenvalue weighted by molar-refractivity contribution is 1.40. The molecule has 0 N–H and O–H groups in total. The number of hydrogen-bond donors (Lipinski definition) is 0. The van der Waals surface area contributed by atoms with E-state index in [0.717, 1.165) is 55.3 Å². The summed E-state index contributed by atoms with van der Waals surface area (Å²) in [5, 5.41) is 12.2. The third kappa shape index (κ3) is 4.96. The van der Waals surface area contributed by atoms with E-state index in [9.17, 15) is 0 Å². The molecule has 0 amide bonds. The first-order valence-electron chi connectivity index (χ1n) is 18.5. The summed E-state index contributed by atoms with van der Waals surface area (Å²) in [4.78, 5) is 10.2. The van der Waals surface area contributed by atoms with Crippen LogP contribution in [0.2, 0.25) is 0 Å². The molecular formula is C52H32N2. The molecule has 0 radical (unpaired) electrons. The van der Waals surface area contributed by atoms with Crippen LogP contribution in [-0.4, -0.2) is 9.97 Å². The average Bonchev–Trinajstić information content (AvgIpc) is 3.25. The molecule has 0 atom stereocenters. The topological polar surface area (TPSA) is 25.8 Å². The lowest BCUT2D eigenvalue weighted by Gasteiger charge is -2.16. The first-order chi connectivity index (χ1) is 26.7. The van der Waals surface area contributed by atoms with Crippen molar-refractivity contribution in [3.8, 4) is 44.6 Å². The van der Waals surface area contributed by atoms with Gasteiger partial charge in [-0.2, -0.15) is 0 Å². The highest BCUT2D eigenvalue weighted by molar-refractivity contribution is 6.16. The number of rotatable bonds is 4. The van der Waals surface area contributed by atoms with Crippen LogP contribution in [0.5, 0.6) is 0 Å².